The topological polar surface area (TPSA) is 39.1 Å². The second kappa shape index (κ2) is 5.05. The van der Waals surface area contributed by atoms with Crippen molar-refractivity contribution in [1.29, 1.82) is 0 Å². The van der Waals surface area contributed by atoms with Crippen molar-refractivity contribution < 1.29 is 17.9 Å². The van der Waals surface area contributed by atoms with Crippen molar-refractivity contribution in [2.24, 2.45) is 0 Å². The van der Waals surface area contributed by atoms with Gasteiger partial charge in [-0.15, -0.1) is 0 Å². The van der Waals surface area contributed by atoms with Gasteiger partial charge in [-0.05, 0) is 0 Å². The Morgan fingerprint density at radius 2 is 2.24 bits per heavy atom. The summed E-state index contributed by atoms with van der Waals surface area (Å²) in [5, 5.41) is 3.14. The Balaban J connectivity index is 1.77. The number of aromatic nitrogens is 2. The number of halogens is 3. The summed E-state index contributed by atoms with van der Waals surface area (Å²) in [5.41, 5.74) is 1.05. The van der Waals surface area contributed by atoms with Crippen LogP contribution in [0, 0.1) is 0 Å². The summed E-state index contributed by atoms with van der Waals surface area (Å²) in [4.78, 5) is 4.01. The molecule has 1 saturated heterocycles. The second-order valence-electron chi connectivity index (χ2n) is 4.03. The summed E-state index contributed by atoms with van der Waals surface area (Å²) in [6.07, 6.45) is -0.866. The molecule has 1 aromatic rings. The zero-order valence-electron chi connectivity index (χ0n) is 9.20. The maximum Gasteiger partial charge on any atom is 0.411 e. The van der Waals surface area contributed by atoms with E-state index in [0.29, 0.717) is 12.5 Å². The molecule has 0 saturated carbocycles. The zero-order chi connectivity index (χ0) is 12.3. The van der Waals surface area contributed by atoms with Gasteiger partial charge in [-0.2, -0.15) is 13.2 Å². The van der Waals surface area contributed by atoms with E-state index in [1.807, 2.05) is 4.57 Å². The molecule has 0 radical (unpaired) electrons. The van der Waals surface area contributed by atoms with E-state index in [2.05, 4.69) is 15.0 Å². The molecule has 0 unspecified atom stereocenters. The van der Waals surface area contributed by atoms with Gasteiger partial charge in [-0.1, -0.05) is 0 Å². The van der Waals surface area contributed by atoms with Gasteiger partial charge in [-0.3, -0.25) is 0 Å². The number of imidazole rings is 1. The van der Waals surface area contributed by atoms with Crippen molar-refractivity contribution in [3.8, 4) is 0 Å². The first kappa shape index (κ1) is 12.4. The minimum absolute atomic E-state index is 0.0447. The summed E-state index contributed by atoms with van der Waals surface area (Å²) in [7, 11) is 0. The normalized spacial score (nSPS) is 17.1. The van der Waals surface area contributed by atoms with Crippen molar-refractivity contribution >= 4 is 0 Å². The Bertz CT molecular complexity index is 360. The number of nitrogens with one attached hydrogen (secondary N) is 1. The van der Waals surface area contributed by atoms with E-state index in [9.17, 15) is 13.2 Å². The number of nitrogens with zero attached hydrogens (tertiary/aromatic N) is 2. The van der Waals surface area contributed by atoms with Crippen LogP contribution in [0.4, 0.5) is 13.2 Å². The molecule has 0 spiro atoms. The van der Waals surface area contributed by atoms with Gasteiger partial charge >= 0.3 is 6.18 Å². The number of rotatable bonds is 5. The SMILES string of the molecule is FC(F)(F)COCCn1cncc1C1CNC1. The number of hydrogen-bond donors (Lipinski definition) is 1. The zero-order valence-corrected chi connectivity index (χ0v) is 9.20. The molecule has 0 aliphatic carbocycles. The molecule has 0 amide bonds. The van der Waals surface area contributed by atoms with Crippen LogP contribution in [0.3, 0.4) is 0 Å². The highest BCUT2D eigenvalue weighted by molar-refractivity contribution is 5.11. The Kier molecular flexibility index (Phi) is 3.68. The maximum atomic E-state index is 11.8. The van der Waals surface area contributed by atoms with Crippen molar-refractivity contribution in [2.45, 2.75) is 18.6 Å². The van der Waals surface area contributed by atoms with Gasteiger partial charge < -0.3 is 14.6 Å². The first-order chi connectivity index (χ1) is 8.06. The first-order valence-corrected chi connectivity index (χ1v) is 5.41. The van der Waals surface area contributed by atoms with Crippen LogP contribution >= 0.6 is 0 Å². The van der Waals surface area contributed by atoms with Crippen LogP contribution in [-0.4, -0.2) is 42.0 Å². The summed E-state index contributed by atoms with van der Waals surface area (Å²) < 4.78 is 41.9. The minimum atomic E-state index is -4.25. The molecule has 96 valence electrons. The highest BCUT2D eigenvalue weighted by Crippen LogP contribution is 2.19. The monoisotopic (exact) mass is 249 g/mol. The second-order valence-corrected chi connectivity index (χ2v) is 4.03. The Labute approximate surface area is 96.8 Å². The molecule has 1 aromatic heterocycles. The van der Waals surface area contributed by atoms with Crippen molar-refractivity contribution in [3.63, 3.8) is 0 Å². The molecule has 0 aromatic carbocycles. The predicted molar refractivity (Wildman–Crippen MR) is 54.7 cm³/mol. The molecule has 7 heteroatoms. The molecule has 1 aliphatic rings. The van der Waals surface area contributed by atoms with Crippen molar-refractivity contribution in [1.82, 2.24) is 14.9 Å². The summed E-state index contributed by atoms with van der Waals surface area (Å²) >= 11 is 0. The lowest BCUT2D eigenvalue weighted by Gasteiger charge is -2.27. The Hall–Kier alpha value is -1.08. The number of ether oxygens (including phenoxy) is 1. The van der Waals surface area contributed by atoms with Crippen LogP contribution in [0.25, 0.3) is 0 Å². The smallest absolute Gasteiger partial charge is 0.370 e. The van der Waals surface area contributed by atoms with E-state index in [0.717, 1.165) is 18.8 Å². The lowest BCUT2D eigenvalue weighted by Crippen LogP contribution is -2.41. The Morgan fingerprint density at radius 1 is 1.47 bits per heavy atom. The van der Waals surface area contributed by atoms with Gasteiger partial charge in [0.1, 0.15) is 6.61 Å². The average molecular weight is 249 g/mol. The number of hydrogen-bond acceptors (Lipinski definition) is 3. The maximum absolute atomic E-state index is 11.8. The third-order valence-corrected chi connectivity index (χ3v) is 2.69. The highest BCUT2D eigenvalue weighted by Gasteiger charge is 2.27. The fraction of sp³-hybridized carbons (Fsp3) is 0.700. The minimum Gasteiger partial charge on any atom is -0.370 e. The lowest BCUT2D eigenvalue weighted by molar-refractivity contribution is -0.174. The standard InChI is InChI=1S/C10H14F3N3O/c11-10(12,13)6-17-2-1-16-7-15-5-9(16)8-3-14-4-8/h5,7-8,14H,1-4,6H2. The molecule has 1 N–H and O–H groups in total. The fourth-order valence-corrected chi connectivity index (χ4v) is 1.71. The van der Waals surface area contributed by atoms with E-state index in [-0.39, 0.29) is 6.61 Å². The third kappa shape index (κ3) is 3.44. The lowest BCUT2D eigenvalue weighted by atomic mass is 10.00. The Morgan fingerprint density at radius 3 is 2.82 bits per heavy atom. The molecule has 2 heterocycles. The summed E-state index contributed by atoms with van der Waals surface area (Å²) in [5.74, 6) is 0.417. The molecular weight excluding hydrogens is 235 g/mol. The van der Waals surface area contributed by atoms with Gasteiger partial charge in [0.2, 0.25) is 0 Å². The average Bonchev–Trinajstić information content (AvgIpc) is 2.57. The molecule has 17 heavy (non-hydrogen) atoms. The molecule has 1 aliphatic heterocycles. The number of alkyl halides is 3. The van der Waals surface area contributed by atoms with Crippen LogP contribution in [0.15, 0.2) is 12.5 Å². The van der Waals surface area contributed by atoms with Crippen molar-refractivity contribution in [2.75, 3.05) is 26.3 Å². The van der Waals surface area contributed by atoms with E-state index in [1.165, 1.54) is 0 Å². The van der Waals surface area contributed by atoms with Gasteiger partial charge in [0.05, 0.1) is 12.9 Å². The molecule has 4 nitrogen and oxygen atoms in total. The quantitative estimate of drug-likeness (QED) is 0.796. The van der Waals surface area contributed by atoms with Gasteiger partial charge in [-0.25, -0.2) is 4.98 Å². The van der Waals surface area contributed by atoms with Gasteiger partial charge in [0, 0.05) is 37.4 Å². The predicted octanol–water partition coefficient (Wildman–Crippen LogP) is 1.15. The van der Waals surface area contributed by atoms with E-state index >= 15 is 0 Å². The van der Waals surface area contributed by atoms with Gasteiger partial charge in [0.25, 0.3) is 0 Å². The van der Waals surface area contributed by atoms with E-state index in [1.54, 1.807) is 12.5 Å². The first-order valence-electron chi connectivity index (χ1n) is 5.41. The van der Waals surface area contributed by atoms with E-state index in [4.69, 9.17) is 0 Å². The van der Waals surface area contributed by atoms with Crippen LogP contribution in [0.5, 0.6) is 0 Å². The van der Waals surface area contributed by atoms with Crippen LogP contribution in [0.2, 0.25) is 0 Å². The molecule has 0 bridgehead atoms. The molecule has 2 rings (SSSR count). The highest BCUT2D eigenvalue weighted by atomic mass is 19.4. The van der Waals surface area contributed by atoms with Gasteiger partial charge in [0.15, 0.2) is 0 Å². The van der Waals surface area contributed by atoms with Crippen LogP contribution < -0.4 is 5.32 Å². The molecule has 0 atom stereocenters. The fourth-order valence-electron chi connectivity index (χ4n) is 1.71. The summed E-state index contributed by atoms with van der Waals surface area (Å²) in [6, 6.07) is 0. The van der Waals surface area contributed by atoms with Crippen molar-refractivity contribution in [3.05, 3.63) is 18.2 Å². The van der Waals surface area contributed by atoms with Crippen LogP contribution in [0.1, 0.15) is 11.6 Å². The largest absolute Gasteiger partial charge is 0.411 e. The molecular formula is C10H14F3N3O. The third-order valence-electron chi connectivity index (χ3n) is 2.69. The van der Waals surface area contributed by atoms with Crippen LogP contribution in [-0.2, 0) is 11.3 Å². The van der Waals surface area contributed by atoms with E-state index < -0.39 is 12.8 Å². The molecule has 1 fully saturated rings. The summed E-state index contributed by atoms with van der Waals surface area (Å²) in [6.45, 7) is 1.05.